The largest absolute Gasteiger partial charge is 0.486 e. The van der Waals surface area contributed by atoms with Crippen molar-refractivity contribution in [3.05, 3.63) is 18.2 Å². The maximum absolute atomic E-state index is 12.1. The zero-order chi connectivity index (χ0) is 13.9. The van der Waals surface area contributed by atoms with Crippen LogP contribution in [0.4, 0.5) is 0 Å². The number of Topliss-reactive ketones (excluding diaryl/α,β-unsaturated/α-hetero) is 1. The number of sulfone groups is 1. The van der Waals surface area contributed by atoms with Crippen molar-refractivity contribution < 1.29 is 22.7 Å². The second-order valence-electron chi connectivity index (χ2n) is 4.43. The van der Waals surface area contributed by atoms with Crippen molar-refractivity contribution in [1.82, 2.24) is 0 Å². The average molecular weight is 284 g/mol. The number of fused-ring (bicyclic) bond motifs is 1. The molecule has 0 unspecified atom stereocenters. The molecule has 6 heteroatoms. The zero-order valence-electron chi connectivity index (χ0n) is 10.7. The minimum absolute atomic E-state index is 0.00243. The first-order chi connectivity index (χ1) is 8.99. The number of benzene rings is 1. The fourth-order valence-corrected chi connectivity index (χ4v) is 3.17. The normalized spacial score (nSPS) is 14.2. The summed E-state index contributed by atoms with van der Waals surface area (Å²) in [6, 6.07) is 4.60. The summed E-state index contributed by atoms with van der Waals surface area (Å²) in [5.74, 6) is 0.983. The first-order valence-electron chi connectivity index (χ1n) is 6.11. The number of carbonyl (C=O) groups is 1. The number of rotatable bonds is 5. The number of carbonyl (C=O) groups excluding carboxylic acids is 1. The first kappa shape index (κ1) is 13.9. The van der Waals surface area contributed by atoms with Gasteiger partial charge in [-0.25, -0.2) is 8.42 Å². The van der Waals surface area contributed by atoms with Crippen LogP contribution in [0.2, 0.25) is 0 Å². The van der Waals surface area contributed by atoms with Gasteiger partial charge in [0.25, 0.3) is 0 Å². The highest BCUT2D eigenvalue weighted by Gasteiger charge is 2.19. The number of hydrogen-bond donors (Lipinski definition) is 0. The molecule has 0 bridgehead atoms. The lowest BCUT2D eigenvalue weighted by atomic mass is 10.3. The van der Waals surface area contributed by atoms with Gasteiger partial charge in [-0.05, 0) is 25.5 Å². The quantitative estimate of drug-likeness (QED) is 0.821. The molecule has 0 N–H and O–H groups in total. The maximum Gasteiger partial charge on any atom is 0.178 e. The van der Waals surface area contributed by atoms with Gasteiger partial charge in [-0.2, -0.15) is 0 Å². The van der Waals surface area contributed by atoms with E-state index in [1.165, 1.54) is 19.1 Å². The van der Waals surface area contributed by atoms with E-state index in [0.717, 1.165) is 0 Å². The van der Waals surface area contributed by atoms with Crippen LogP contribution in [0, 0.1) is 0 Å². The smallest absolute Gasteiger partial charge is 0.178 e. The van der Waals surface area contributed by atoms with E-state index in [4.69, 9.17) is 9.47 Å². The Bertz CT molecular complexity index is 577. The predicted octanol–water partition coefficient (Wildman–Crippen LogP) is 1.60. The van der Waals surface area contributed by atoms with E-state index in [1.54, 1.807) is 6.07 Å². The van der Waals surface area contributed by atoms with Crippen LogP contribution in [-0.2, 0) is 14.6 Å². The van der Waals surface area contributed by atoms with Crippen LogP contribution in [0.25, 0.3) is 0 Å². The Kier molecular flexibility index (Phi) is 4.09. The lowest BCUT2D eigenvalue weighted by molar-refractivity contribution is -0.117. The van der Waals surface area contributed by atoms with Gasteiger partial charge in [-0.3, -0.25) is 0 Å². The van der Waals surface area contributed by atoms with Crippen molar-refractivity contribution in [2.75, 3.05) is 19.0 Å². The van der Waals surface area contributed by atoms with Crippen molar-refractivity contribution in [1.29, 1.82) is 0 Å². The third-order valence-corrected chi connectivity index (χ3v) is 4.61. The molecule has 1 aromatic carbocycles. The average Bonchev–Trinajstić information content (AvgIpc) is 2.37. The van der Waals surface area contributed by atoms with Crippen LogP contribution in [0.3, 0.4) is 0 Å². The molecule has 0 radical (unpaired) electrons. The lowest BCUT2D eigenvalue weighted by Crippen LogP contribution is -2.16. The minimum atomic E-state index is -3.38. The Morgan fingerprint density at radius 1 is 1.21 bits per heavy atom. The Labute approximate surface area is 112 Å². The van der Waals surface area contributed by atoms with Gasteiger partial charge < -0.3 is 14.3 Å². The monoisotopic (exact) mass is 284 g/mol. The molecule has 104 valence electrons. The molecule has 0 spiro atoms. The van der Waals surface area contributed by atoms with Gasteiger partial charge in [-0.15, -0.1) is 0 Å². The molecule has 1 aliphatic rings. The molecule has 0 atom stereocenters. The highest BCUT2D eigenvalue weighted by atomic mass is 32.2. The molecule has 1 heterocycles. The Hall–Kier alpha value is -1.56. The van der Waals surface area contributed by atoms with Crippen LogP contribution >= 0.6 is 0 Å². The molecule has 2 rings (SSSR count). The van der Waals surface area contributed by atoms with Gasteiger partial charge in [0, 0.05) is 12.5 Å². The molecule has 0 aromatic heterocycles. The van der Waals surface area contributed by atoms with Gasteiger partial charge in [0.2, 0.25) is 0 Å². The van der Waals surface area contributed by atoms with Crippen molar-refractivity contribution in [2.24, 2.45) is 0 Å². The number of ketones is 1. The van der Waals surface area contributed by atoms with Crippen molar-refractivity contribution in [2.45, 2.75) is 24.7 Å². The summed E-state index contributed by atoms with van der Waals surface area (Å²) >= 11 is 0. The molecular weight excluding hydrogens is 268 g/mol. The van der Waals surface area contributed by atoms with E-state index in [2.05, 4.69) is 0 Å². The standard InChI is InChI=1S/C13H16O5S/c1-10(14)3-2-8-19(15,16)11-4-5-12-13(9-11)18-7-6-17-12/h4-5,9H,2-3,6-8H2,1H3. The molecule has 0 amide bonds. The van der Waals surface area contributed by atoms with Crippen molar-refractivity contribution >= 4 is 15.6 Å². The SMILES string of the molecule is CC(=O)CCCS(=O)(=O)c1ccc2c(c1)OCCO2. The summed E-state index contributed by atoms with van der Waals surface area (Å²) in [7, 11) is -3.38. The first-order valence-corrected chi connectivity index (χ1v) is 7.76. The van der Waals surface area contributed by atoms with Crippen LogP contribution in [0.15, 0.2) is 23.1 Å². The third-order valence-electron chi connectivity index (χ3n) is 2.81. The topological polar surface area (TPSA) is 69.7 Å². The second-order valence-corrected chi connectivity index (χ2v) is 6.54. The van der Waals surface area contributed by atoms with Crippen LogP contribution in [0.1, 0.15) is 19.8 Å². The van der Waals surface area contributed by atoms with Gasteiger partial charge >= 0.3 is 0 Å². The Morgan fingerprint density at radius 3 is 2.58 bits per heavy atom. The number of hydrogen-bond acceptors (Lipinski definition) is 5. The van der Waals surface area contributed by atoms with E-state index >= 15 is 0 Å². The maximum atomic E-state index is 12.1. The molecule has 5 nitrogen and oxygen atoms in total. The number of ether oxygens (including phenoxy) is 2. The Balaban J connectivity index is 2.14. The molecule has 1 aliphatic heterocycles. The molecule has 0 fully saturated rings. The highest BCUT2D eigenvalue weighted by Crippen LogP contribution is 2.32. The highest BCUT2D eigenvalue weighted by molar-refractivity contribution is 7.91. The van der Waals surface area contributed by atoms with Crippen LogP contribution in [-0.4, -0.2) is 33.2 Å². The van der Waals surface area contributed by atoms with E-state index in [1.807, 2.05) is 0 Å². The summed E-state index contributed by atoms with van der Waals surface area (Å²) in [5.41, 5.74) is 0. The van der Waals surface area contributed by atoms with Gasteiger partial charge in [0.15, 0.2) is 21.3 Å². The zero-order valence-corrected chi connectivity index (χ0v) is 11.5. The third kappa shape index (κ3) is 3.47. The Morgan fingerprint density at radius 2 is 1.89 bits per heavy atom. The summed E-state index contributed by atoms with van der Waals surface area (Å²) < 4.78 is 34.9. The molecule has 19 heavy (non-hydrogen) atoms. The lowest BCUT2D eigenvalue weighted by Gasteiger charge is -2.18. The molecule has 0 saturated heterocycles. The summed E-state index contributed by atoms with van der Waals surface area (Å²) in [5, 5.41) is 0. The van der Waals surface area contributed by atoms with E-state index in [0.29, 0.717) is 31.1 Å². The minimum Gasteiger partial charge on any atom is -0.486 e. The molecule has 0 saturated carbocycles. The predicted molar refractivity (Wildman–Crippen MR) is 69.4 cm³/mol. The van der Waals surface area contributed by atoms with Crippen molar-refractivity contribution in [3.63, 3.8) is 0 Å². The second kappa shape index (κ2) is 5.61. The van der Waals surface area contributed by atoms with Crippen LogP contribution in [0.5, 0.6) is 11.5 Å². The van der Waals surface area contributed by atoms with Gasteiger partial charge in [-0.1, -0.05) is 0 Å². The van der Waals surface area contributed by atoms with Gasteiger partial charge in [0.05, 0.1) is 10.6 Å². The van der Waals surface area contributed by atoms with E-state index in [-0.39, 0.29) is 22.9 Å². The summed E-state index contributed by atoms with van der Waals surface area (Å²) in [6.07, 6.45) is 0.621. The van der Waals surface area contributed by atoms with Crippen LogP contribution < -0.4 is 9.47 Å². The van der Waals surface area contributed by atoms with Crippen molar-refractivity contribution in [3.8, 4) is 11.5 Å². The molecule has 1 aromatic rings. The van der Waals surface area contributed by atoms with Gasteiger partial charge in [0.1, 0.15) is 19.0 Å². The molecule has 0 aliphatic carbocycles. The van der Waals surface area contributed by atoms with E-state index < -0.39 is 9.84 Å². The fraction of sp³-hybridized carbons (Fsp3) is 0.462. The summed E-state index contributed by atoms with van der Waals surface area (Å²) in [4.78, 5) is 11.0. The fourth-order valence-electron chi connectivity index (χ4n) is 1.85. The van der Waals surface area contributed by atoms with E-state index in [9.17, 15) is 13.2 Å². The molecular formula is C13H16O5S. The summed E-state index contributed by atoms with van der Waals surface area (Å²) in [6.45, 7) is 2.34.